The van der Waals surface area contributed by atoms with Crippen molar-refractivity contribution < 1.29 is 14.6 Å². The zero-order chi connectivity index (χ0) is 21.6. The maximum atomic E-state index is 11.7. The second-order valence-electron chi connectivity index (χ2n) is 7.11. The number of nitrogens with two attached hydrogens (primary N) is 1. The Kier molecular flexibility index (Phi) is 11.9. The second kappa shape index (κ2) is 13.9. The number of nitrogens with one attached hydrogen (secondary N) is 2. The lowest BCUT2D eigenvalue weighted by atomic mass is 9.96. The Balaban J connectivity index is 2.60. The van der Waals surface area contributed by atoms with E-state index in [0.717, 1.165) is 36.4 Å². The molecule has 0 bridgehead atoms. The zero-order valence-electron chi connectivity index (χ0n) is 18.0. The first kappa shape index (κ1) is 24.9. The van der Waals surface area contributed by atoms with Gasteiger partial charge in [0.2, 0.25) is 5.91 Å². The van der Waals surface area contributed by atoms with E-state index in [1.165, 1.54) is 0 Å². The molecule has 0 spiro atoms. The Morgan fingerprint density at radius 3 is 2.90 bits per heavy atom. The van der Waals surface area contributed by atoms with Gasteiger partial charge < -0.3 is 31.1 Å². The fourth-order valence-electron chi connectivity index (χ4n) is 2.97. The molecule has 0 aliphatic rings. The third kappa shape index (κ3) is 8.81. The van der Waals surface area contributed by atoms with Crippen LogP contribution >= 0.6 is 0 Å². The average molecular weight is 408 g/mol. The van der Waals surface area contributed by atoms with Crippen LogP contribution in [0.15, 0.2) is 30.6 Å². The highest BCUT2D eigenvalue weighted by Gasteiger charge is 2.22. The molecule has 1 rings (SSSR count). The quantitative estimate of drug-likeness (QED) is 0.252. The van der Waals surface area contributed by atoms with Gasteiger partial charge in [-0.25, -0.2) is 0 Å². The van der Waals surface area contributed by atoms with E-state index in [-0.39, 0.29) is 25.2 Å². The van der Waals surface area contributed by atoms with Crippen molar-refractivity contribution in [2.45, 2.75) is 39.2 Å². The summed E-state index contributed by atoms with van der Waals surface area (Å²) in [5.41, 5.74) is 7.35. The fraction of sp³-hybridized carbons (Fsp3) is 0.619. The molecule has 0 aliphatic carbocycles. The van der Waals surface area contributed by atoms with E-state index in [1.807, 2.05) is 24.1 Å². The number of hydrogen-bond donors (Lipinski definition) is 4. The van der Waals surface area contributed by atoms with Gasteiger partial charge in [0.15, 0.2) is 0 Å². The monoisotopic (exact) mass is 407 g/mol. The van der Waals surface area contributed by atoms with Crippen LogP contribution in [0.25, 0.3) is 0 Å². The van der Waals surface area contributed by atoms with Gasteiger partial charge in [0, 0.05) is 31.5 Å². The molecule has 5 N–H and O–H groups in total. The summed E-state index contributed by atoms with van der Waals surface area (Å²) in [7, 11) is 1.83. The van der Waals surface area contributed by atoms with Crippen LogP contribution in [-0.2, 0) is 11.2 Å². The van der Waals surface area contributed by atoms with E-state index in [9.17, 15) is 4.79 Å². The molecule has 29 heavy (non-hydrogen) atoms. The maximum absolute atomic E-state index is 11.7. The van der Waals surface area contributed by atoms with E-state index < -0.39 is 0 Å². The van der Waals surface area contributed by atoms with Crippen LogP contribution in [0.2, 0.25) is 0 Å². The molecule has 0 radical (unpaired) electrons. The van der Waals surface area contributed by atoms with Crippen LogP contribution in [0.4, 0.5) is 0 Å². The average Bonchev–Trinajstić information content (AvgIpc) is 2.72. The number of carbonyl (C=O) groups is 1. The predicted molar refractivity (Wildman–Crippen MR) is 115 cm³/mol. The summed E-state index contributed by atoms with van der Waals surface area (Å²) in [5, 5.41) is 14.7. The summed E-state index contributed by atoms with van der Waals surface area (Å²) in [5.74, 6) is 0.882. The minimum absolute atomic E-state index is 0.0149. The summed E-state index contributed by atoms with van der Waals surface area (Å²) in [6.45, 7) is 9.99. The molecule has 2 atom stereocenters. The maximum Gasteiger partial charge on any atom is 0.241 e. The summed E-state index contributed by atoms with van der Waals surface area (Å²) < 4.78 is 5.93. The van der Waals surface area contributed by atoms with Gasteiger partial charge in [0.05, 0.1) is 12.2 Å². The molecule has 8 nitrogen and oxygen atoms in total. The molecule has 1 aromatic heterocycles. The van der Waals surface area contributed by atoms with E-state index >= 15 is 0 Å². The summed E-state index contributed by atoms with van der Waals surface area (Å²) in [6.07, 6.45) is 4.41. The standard InChI is InChI=1S/C21H37N5O3/c1-5-16(2)21(17(3)26(4)14-20(28)25-15-27)24-12-13-29-19-9-7-11-23-18(19)8-6-10-22/h7,9,11,16,21,24,27H,3,5-6,8,10,12-15,22H2,1-2,4H3,(H,25,28). The largest absolute Gasteiger partial charge is 0.490 e. The van der Waals surface area contributed by atoms with Gasteiger partial charge in [-0.3, -0.25) is 9.78 Å². The third-order valence-corrected chi connectivity index (χ3v) is 4.91. The Morgan fingerprint density at radius 2 is 2.24 bits per heavy atom. The van der Waals surface area contributed by atoms with E-state index in [4.69, 9.17) is 15.6 Å². The van der Waals surface area contributed by atoms with E-state index in [0.29, 0.717) is 25.6 Å². The minimum Gasteiger partial charge on any atom is -0.490 e. The lowest BCUT2D eigenvalue weighted by Crippen LogP contribution is -2.45. The fourth-order valence-corrected chi connectivity index (χ4v) is 2.97. The van der Waals surface area contributed by atoms with Gasteiger partial charge in [-0.2, -0.15) is 0 Å². The van der Waals surface area contributed by atoms with Crippen molar-refractivity contribution in [2.75, 3.05) is 40.0 Å². The van der Waals surface area contributed by atoms with Crippen LogP contribution in [0.3, 0.4) is 0 Å². The first-order valence-electron chi connectivity index (χ1n) is 10.2. The highest BCUT2D eigenvalue weighted by atomic mass is 16.5. The molecule has 8 heteroatoms. The molecule has 0 fully saturated rings. The second-order valence-corrected chi connectivity index (χ2v) is 7.11. The van der Waals surface area contributed by atoms with Crippen molar-refractivity contribution in [1.29, 1.82) is 0 Å². The Labute approximate surface area is 174 Å². The number of aliphatic hydroxyl groups is 1. The third-order valence-electron chi connectivity index (χ3n) is 4.91. The molecule has 2 unspecified atom stereocenters. The molecule has 0 aromatic carbocycles. The van der Waals surface area contributed by atoms with Crippen LogP contribution in [0.1, 0.15) is 32.4 Å². The van der Waals surface area contributed by atoms with E-state index in [2.05, 4.69) is 36.0 Å². The molecule has 0 saturated carbocycles. The Hall–Kier alpha value is -2.16. The number of pyridine rings is 1. The van der Waals surface area contributed by atoms with Gasteiger partial charge in [-0.15, -0.1) is 0 Å². The number of rotatable bonds is 15. The molecular weight excluding hydrogens is 370 g/mol. The number of aliphatic hydroxyl groups excluding tert-OH is 1. The first-order valence-corrected chi connectivity index (χ1v) is 10.2. The summed E-state index contributed by atoms with van der Waals surface area (Å²) >= 11 is 0. The van der Waals surface area contributed by atoms with Crippen molar-refractivity contribution in [3.05, 3.63) is 36.3 Å². The molecule has 1 amide bonds. The van der Waals surface area contributed by atoms with Crippen LogP contribution in [0, 0.1) is 5.92 Å². The van der Waals surface area contributed by atoms with Crippen molar-refractivity contribution in [1.82, 2.24) is 20.5 Å². The normalized spacial score (nSPS) is 12.9. The topological polar surface area (TPSA) is 113 Å². The lowest BCUT2D eigenvalue weighted by Gasteiger charge is -2.32. The summed E-state index contributed by atoms with van der Waals surface area (Å²) in [4.78, 5) is 17.9. The van der Waals surface area contributed by atoms with Crippen molar-refractivity contribution >= 4 is 5.91 Å². The molecule has 0 saturated heterocycles. The van der Waals surface area contributed by atoms with Crippen LogP contribution < -0.4 is 21.1 Å². The Bertz CT molecular complexity index is 626. The number of carbonyl (C=O) groups excluding carboxylic acids is 1. The number of ether oxygens (including phenoxy) is 1. The van der Waals surface area contributed by atoms with Gasteiger partial charge in [-0.1, -0.05) is 26.8 Å². The molecule has 1 heterocycles. The zero-order valence-corrected chi connectivity index (χ0v) is 18.0. The number of nitrogens with zero attached hydrogens (tertiary/aromatic N) is 2. The molecular formula is C21H37N5O3. The lowest BCUT2D eigenvalue weighted by molar-refractivity contribution is -0.122. The summed E-state index contributed by atoms with van der Waals surface area (Å²) in [6, 6.07) is 3.81. The van der Waals surface area contributed by atoms with Crippen molar-refractivity contribution in [3.63, 3.8) is 0 Å². The molecule has 1 aromatic rings. The van der Waals surface area contributed by atoms with Crippen molar-refractivity contribution in [2.24, 2.45) is 11.7 Å². The predicted octanol–water partition coefficient (Wildman–Crippen LogP) is 0.868. The van der Waals surface area contributed by atoms with E-state index in [1.54, 1.807) is 6.20 Å². The van der Waals surface area contributed by atoms with Crippen LogP contribution in [-0.4, -0.2) is 67.0 Å². The van der Waals surface area contributed by atoms with Gasteiger partial charge in [0.25, 0.3) is 0 Å². The smallest absolute Gasteiger partial charge is 0.241 e. The van der Waals surface area contributed by atoms with Gasteiger partial charge in [0.1, 0.15) is 19.1 Å². The number of hydrogen-bond acceptors (Lipinski definition) is 7. The molecule has 164 valence electrons. The SMILES string of the molecule is C=C(C(NCCOc1cccnc1CCCN)C(C)CC)N(C)CC(=O)NCO. The van der Waals surface area contributed by atoms with Crippen LogP contribution in [0.5, 0.6) is 5.75 Å². The number of amides is 1. The minimum atomic E-state index is -0.370. The van der Waals surface area contributed by atoms with Gasteiger partial charge in [-0.05, 0) is 37.4 Å². The molecule has 0 aliphatic heterocycles. The first-order chi connectivity index (χ1) is 13.9. The highest BCUT2D eigenvalue weighted by molar-refractivity contribution is 5.78. The Morgan fingerprint density at radius 1 is 1.48 bits per heavy atom. The number of likely N-dealkylation sites (N-methyl/N-ethyl adjacent to an activating group) is 1. The highest BCUT2D eigenvalue weighted by Crippen LogP contribution is 2.18. The number of aryl methyl sites for hydroxylation is 1. The number of aromatic nitrogens is 1. The van der Waals surface area contributed by atoms with Gasteiger partial charge >= 0.3 is 0 Å². The van der Waals surface area contributed by atoms with Crippen molar-refractivity contribution in [3.8, 4) is 5.75 Å².